The van der Waals surface area contributed by atoms with E-state index in [1.165, 1.54) is 30.5 Å². The van der Waals surface area contributed by atoms with Gasteiger partial charge in [-0.15, -0.1) is 0 Å². The highest BCUT2D eigenvalue weighted by Crippen LogP contribution is 2.32. The van der Waals surface area contributed by atoms with Crippen LogP contribution in [0.15, 0.2) is 47.0 Å². The van der Waals surface area contributed by atoms with Crippen molar-refractivity contribution >= 4 is 39.0 Å². The van der Waals surface area contributed by atoms with Gasteiger partial charge in [0.15, 0.2) is 5.78 Å². The van der Waals surface area contributed by atoms with Crippen LogP contribution in [0.5, 0.6) is 0 Å². The molecule has 0 aliphatic heterocycles. The lowest BCUT2D eigenvalue weighted by Crippen LogP contribution is -2.25. The first-order chi connectivity index (χ1) is 14.2. The van der Waals surface area contributed by atoms with Crippen LogP contribution >= 0.6 is 11.6 Å². The van der Waals surface area contributed by atoms with Crippen LogP contribution in [0.3, 0.4) is 0 Å². The molecule has 0 fully saturated rings. The summed E-state index contributed by atoms with van der Waals surface area (Å²) in [6, 6.07) is 3.73. The number of hydrogen-bond acceptors (Lipinski definition) is 4. The molecular weight excluding hydrogens is 431 g/mol. The van der Waals surface area contributed by atoms with E-state index in [-0.39, 0.29) is 33.5 Å². The van der Waals surface area contributed by atoms with Crippen molar-refractivity contribution in [1.82, 2.24) is 3.97 Å². The Hall–Kier alpha value is -2.71. The zero-order valence-electron chi connectivity index (χ0n) is 16.0. The molecule has 0 bridgehead atoms. The maximum atomic E-state index is 13.4. The number of benzene rings is 1. The van der Waals surface area contributed by atoms with E-state index in [0.29, 0.717) is 24.0 Å². The second kappa shape index (κ2) is 7.52. The van der Waals surface area contributed by atoms with Crippen LogP contribution in [0.1, 0.15) is 41.4 Å². The molecule has 1 aromatic carbocycles. The molecule has 0 radical (unpaired) electrons. The second-order valence-corrected chi connectivity index (χ2v) is 9.53. The highest BCUT2D eigenvalue weighted by Gasteiger charge is 2.33. The van der Waals surface area contributed by atoms with E-state index in [0.717, 1.165) is 22.0 Å². The van der Waals surface area contributed by atoms with Gasteiger partial charge in [0.05, 0.1) is 9.93 Å². The number of ketones is 1. The topological polar surface area (TPSA) is 85.2 Å². The van der Waals surface area contributed by atoms with Gasteiger partial charge in [0.2, 0.25) is 0 Å². The Balaban J connectivity index is 1.78. The molecule has 9 heteroatoms. The second-order valence-electron chi connectivity index (χ2n) is 7.34. The summed E-state index contributed by atoms with van der Waals surface area (Å²) < 4.78 is 41.2. The molecule has 1 heterocycles. The SMILES string of the molecule is CC1=C(S(=O)(=O)n2cc3c(c2C(=O)Nc2ccc(F)c(Cl)c2)CCC3)C=CC(=O)C1. The van der Waals surface area contributed by atoms with Crippen LogP contribution < -0.4 is 5.32 Å². The lowest BCUT2D eigenvalue weighted by molar-refractivity contribution is -0.114. The molecule has 2 aliphatic rings. The molecule has 1 aromatic heterocycles. The van der Waals surface area contributed by atoms with Crippen molar-refractivity contribution < 1.29 is 22.4 Å². The Bertz CT molecular complexity index is 1260. The Labute approximate surface area is 178 Å². The van der Waals surface area contributed by atoms with Crippen LogP contribution in [0.2, 0.25) is 5.02 Å². The Morgan fingerprint density at radius 2 is 2.00 bits per heavy atom. The average Bonchev–Trinajstić information content (AvgIpc) is 3.25. The van der Waals surface area contributed by atoms with Gasteiger partial charge in [-0.25, -0.2) is 16.8 Å². The third kappa shape index (κ3) is 3.50. The summed E-state index contributed by atoms with van der Waals surface area (Å²) in [5.74, 6) is -1.42. The summed E-state index contributed by atoms with van der Waals surface area (Å²) in [4.78, 5) is 24.7. The fraction of sp³-hybridized carbons (Fsp3) is 0.238. The number of hydrogen-bond donors (Lipinski definition) is 1. The van der Waals surface area contributed by atoms with E-state index in [1.807, 2.05) is 0 Å². The number of allylic oxidation sites excluding steroid dienone is 3. The number of carbonyl (C=O) groups is 2. The van der Waals surface area contributed by atoms with Gasteiger partial charge in [-0.1, -0.05) is 11.6 Å². The van der Waals surface area contributed by atoms with Gasteiger partial charge >= 0.3 is 0 Å². The van der Waals surface area contributed by atoms with Crippen LogP contribution in [0.25, 0.3) is 0 Å². The summed E-state index contributed by atoms with van der Waals surface area (Å²) in [6.45, 7) is 1.59. The van der Waals surface area contributed by atoms with E-state index < -0.39 is 21.7 Å². The highest BCUT2D eigenvalue weighted by atomic mass is 35.5. The molecule has 1 amide bonds. The number of amides is 1. The molecule has 30 heavy (non-hydrogen) atoms. The Morgan fingerprint density at radius 1 is 1.23 bits per heavy atom. The first-order valence-electron chi connectivity index (χ1n) is 9.34. The van der Waals surface area contributed by atoms with Gasteiger partial charge < -0.3 is 5.32 Å². The summed E-state index contributed by atoms with van der Waals surface area (Å²) in [7, 11) is -4.08. The zero-order valence-corrected chi connectivity index (χ0v) is 17.6. The smallest absolute Gasteiger partial charge is 0.273 e. The third-order valence-electron chi connectivity index (χ3n) is 5.25. The molecule has 4 rings (SSSR count). The van der Waals surface area contributed by atoms with Crippen molar-refractivity contribution in [2.75, 3.05) is 5.32 Å². The van der Waals surface area contributed by atoms with Crippen molar-refractivity contribution in [2.24, 2.45) is 0 Å². The van der Waals surface area contributed by atoms with Crippen molar-refractivity contribution in [3.8, 4) is 0 Å². The minimum atomic E-state index is -4.08. The molecule has 0 unspecified atom stereocenters. The minimum Gasteiger partial charge on any atom is -0.321 e. The molecule has 0 atom stereocenters. The van der Waals surface area contributed by atoms with E-state index in [4.69, 9.17) is 11.6 Å². The van der Waals surface area contributed by atoms with Gasteiger partial charge in [0.1, 0.15) is 11.5 Å². The van der Waals surface area contributed by atoms with Crippen LogP contribution in [0.4, 0.5) is 10.1 Å². The molecule has 2 aliphatic carbocycles. The quantitative estimate of drug-likeness (QED) is 0.766. The molecule has 1 N–H and O–H groups in total. The first-order valence-corrected chi connectivity index (χ1v) is 11.2. The molecular formula is C21H18ClFN2O4S. The van der Waals surface area contributed by atoms with Gasteiger partial charge in [0.25, 0.3) is 15.9 Å². The summed E-state index contributed by atoms with van der Waals surface area (Å²) in [6.07, 6.45) is 6.09. The van der Waals surface area contributed by atoms with Gasteiger partial charge in [-0.2, -0.15) is 0 Å². The molecule has 6 nitrogen and oxygen atoms in total. The number of aryl methyl sites for hydroxylation is 1. The minimum absolute atomic E-state index is 0.00894. The fourth-order valence-corrected chi connectivity index (χ4v) is 5.68. The number of halogens is 2. The number of fused-ring (bicyclic) bond motifs is 1. The standard InChI is InChI=1S/C21H18ClFN2O4S/c1-12-9-15(26)6-8-19(12)30(28,29)25-11-13-3-2-4-16(13)20(25)21(27)24-14-5-7-18(23)17(22)10-14/h5-8,10-11H,2-4,9H2,1H3,(H,24,27). The number of aromatic nitrogens is 1. The van der Waals surface area contributed by atoms with E-state index in [2.05, 4.69) is 5.32 Å². The van der Waals surface area contributed by atoms with E-state index in [9.17, 15) is 22.4 Å². The van der Waals surface area contributed by atoms with Crippen molar-refractivity contribution in [3.63, 3.8) is 0 Å². The normalized spacial score (nSPS) is 16.2. The summed E-state index contributed by atoms with van der Waals surface area (Å²) >= 11 is 5.78. The maximum Gasteiger partial charge on any atom is 0.273 e. The predicted octanol–water partition coefficient (Wildman–Crippen LogP) is 4.00. The number of nitrogens with zero attached hydrogens (tertiary/aromatic N) is 1. The summed E-state index contributed by atoms with van der Waals surface area (Å²) in [5, 5.41) is 2.46. The molecule has 0 saturated carbocycles. The van der Waals surface area contributed by atoms with Crippen molar-refractivity contribution in [2.45, 2.75) is 32.6 Å². The van der Waals surface area contributed by atoms with Crippen LogP contribution in [0, 0.1) is 5.82 Å². The van der Waals surface area contributed by atoms with Crippen molar-refractivity contribution in [1.29, 1.82) is 0 Å². The lowest BCUT2D eigenvalue weighted by Gasteiger charge is -2.16. The van der Waals surface area contributed by atoms with Gasteiger partial charge in [-0.05, 0) is 73.2 Å². The third-order valence-corrected chi connectivity index (χ3v) is 7.39. The van der Waals surface area contributed by atoms with E-state index in [1.54, 1.807) is 6.92 Å². The van der Waals surface area contributed by atoms with Crippen molar-refractivity contribution in [3.05, 3.63) is 74.7 Å². The molecule has 0 saturated heterocycles. The highest BCUT2D eigenvalue weighted by molar-refractivity contribution is 7.94. The predicted molar refractivity (Wildman–Crippen MR) is 112 cm³/mol. The Kier molecular flexibility index (Phi) is 5.15. The van der Waals surface area contributed by atoms with Crippen LogP contribution in [-0.2, 0) is 27.7 Å². The average molecular weight is 449 g/mol. The van der Waals surface area contributed by atoms with Crippen LogP contribution in [-0.4, -0.2) is 24.1 Å². The fourth-order valence-electron chi connectivity index (χ4n) is 3.84. The number of nitrogens with one attached hydrogen (secondary N) is 1. The molecule has 0 spiro atoms. The lowest BCUT2D eigenvalue weighted by atomic mass is 10.1. The first kappa shape index (κ1) is 20.6. The largest absolute Gasteiger partial charge is 0.321 e. The molecule has 156 valence electrons. The zero-order chi connectivity index (χ0) is 21.6. The summed E-state index contributed by atoms with van der Waals surface area (Å²) in [5.41, 5.74) is 2.18. The monoisotopic (exact) mass is 448 g/mol. The molecule has 2 aromatic rings. The maximum absolute atomic E-state index is 13.4. The van der Waals surface area contributed by atoms with E-state index >= 15 is 0 Å². The van der Waals surface area contributed by atoms with Gasteiger partial charge in [0, 0.05) is 18.3 Å². The number of carbonyl (C=O) groups excluding carboxylic acids is 2. The number of anilines is 1. The number of rotatable bonds is 4. The Morgan fingerprint density at radius 3 is 2.70 bits per heavy atom. The van der Waals surface area contributed by atoms with Gasteiger partial charge in [-0.3, -0.25) is 9.59 Å².